The van der Waals surface area contributed by atoms with Crippen LogP contribution in [0.3, 0.4) is 0 Å². The Kier molecular flexibility index (Phi) is 1.73. The van der Waals surface area contributed by atoms with Crippen LogP contribution in [0, 0.1) is 0 Å². The van der Waals surface area contributed by atoms with Crippen LogP contribution in [0.2, 0.25) is 0 Å². The molecular formula is C8H6BrNOS. The normalized spacial score (nSPS) is 10.8. The first-order valence-electron chi connectivity index (χ1n) is 3.35. The van der Waals surface area contributed by atoms with Gasteiger partial charge in [0, 0.05) is 15.8 Å². The number of nitrogen functional groups attached to an aromatic ring is 1. The molecule has 0 aliphatic carbocycles. The zero-order chi connectivity index (χ0) is 8.72. The molecule has 1 aromatic carbocycles. The first-order valence-corrected chi connectivity index (χ1v) is 4.96. The summed E-state index contributed by atoms with van der Waals surface area (Å²) < 4.78 is 1.77. The van der Waals surface area contributed by atoms with Gasteiger partial charge in [0.05, 0.1) is 4.47 Å². The summed E-state index contributed by atoms with van der Waals surface area (Å²) in [6.07, 6.45) is 0. The van der Waals surface area contributed by atoms with Crippen LogP contribution in [0.1, 0.15) is 0 Å². The summed E-state index contributed by atoms with van der Waals surface area (Å²) in [6.45, 7) is 0. The Morgan fingerprint density at radius 3 is 2.92 bits per heavy atom. The molecule has 0 saturated carbocycles. The molecule has 0 spiro atoms. The predicted octanol–water partition coefficient (Wildman–Crippen LogP) is 2.95. The number of fused-ring (bicyclic) bond motifs is 1. The fraction of sp³-hybridized carbons (Fsp3) is 0. The third-order valence-electron chi connectivity index (χ3n) is 1.63. The van der Waals surface area contributed by atoms with Crippen molar-refractivity contribution in [1.29, 1.82) is 0 Å². The number of aromatic hydroxyl groups is 1. The van der Waals surface area contributed by atoms with Crippen molar-refractivity contribution in [2.75, 3.05) is 5.73 Å². The Bertz CT molecular complexity index is 438. The zero-order valence-corrected chi connectivity index (χ0v) is 8.45. The summed E-state index contributed by atoms with van der Waals surface area (Å²) in [6, 6.07) is 5.57. The van der Waals surface area contributed by atoms with Crippen LogP contribution in [-0.4, -0.2) is 5.11 Å². The second-order valence-corrected chi connectivity index (χ2v) is 4.30. The van der Waals surface area contributed by atoms with Crippen molar-refractivity contribution in [1.82, 2.24) is 0 Å². The van der Waals surface area contributed by atoms with Crippen LogP contribution >= 0.6 is 27.3 Å². The monoisotopic (exact) mass is 243 g/mol. The van der Waals surface area contributed by atoms with Gasteiger partial charge in [-0.25, -0.2) is 0 Å². The lowest BCUT2D eigenvalue weighted by Gasteiger charge is -1.92. The number of benzene rings is 1. The van der Waals surface area contributed by atoms with E-state index in [1.807, 2.05) is 18.2 Å². The number of nitrogens with two attached hydrogens (primary N) is 1. The van der Waals surface area contributed by atoms with E-state index in [9.17, 15) is 5.11 Å². The maximum absolute atomic E-state index is 9.36. The van der Waals surface area contributed by atoms with Gasteiger partial charge in [0.1, 0.15) is 0 Å². The highest BCUT2D eigenvalue weighted by atomic mass is 79.9. The molecule has 2 rings (SSSR count). The summed E-state index contributed by atoms with van der Waals surface area (Å²) in [5.74, 6) is 0. The molecule has 2 nitrogen and oxygen atoms in total. The van der Waals surface area contributed by atoms with E-state index in [0.29, 0.717) is 10.8 Å². The summed E-state index contributed by atoms with van der Waals surface area (Å²) in [5.41, 5.74) is 6.31. The molecule has 0 bridgehead atoms. The summed E-state index contributed by atoms with van der Waals surface area (Å²) in [7, 11) is 0. The van der Waals surface area contributed by atoms with E-state index < -0.39 is 0 Å². The average Bonchev–Trinajstić information content (AvgIpc) is 2.31. The molecule has 3 N–H and O–H groups in total. The maximum Gasteiger partial charge on any atom is 0.186 e. The topological polar surface area (TPSA) is 46.2 Å². The van der Waals surface area contributed by atoms with Crippen LogP contribution in [0.15, 0.2) is 22.7 Å². The third kappa shape index (κ3) is 1.07. The molecule has 0 aliphatic heterocycles. The summed E-state index contributed by atoms with van der Waals surface area (Å²) in [5, 5.41) is 10.6. The molecule has 12 heavy (non-hydrogen) atoms. The quantitative estimate of drug-likeness (QED) is 0.700. The summed E-state index contributed by atoms with van der Waals surface area (Å²) in [4.78, 5) is 0. The number of halogens is 1. The molecule has 4 heteroatoms. The first-order chi connectivity index (χ1) is 5.68. The number of rotatable bonds is 0. The maximum atomic E-state index is 9.36. The van der Waals surface area contributed by atoms with E-state index in [2.05, 4.69) is 15.9 Å². The molecule has 62 valence electrons. The molecule has 1 heterocycles. The predicted molar refractivity (Wildman–Crippen MR) is 55.6 cm³/mol. The van der Waals surface area contributed by atoms with Crippen molar-refractivity contribution in [2.24, 2.45) is 0 Å². The smallest absolute Gasteiger partial charge is 0.186 e. The lowest BCUT2D eigenvalue weighted by Crippen LogP contribution is -1.81. The van der Waals surface area contributed by atoms with Crippen molar-refractivity contribution in [3.63, 3.8) is 0 Å². The highest BCUT2D eigenvalue weighted by Crippen LogP contribution is 2.41. The van der Waals surface area contributed by atoms with Gasteiger partial charge in [-0.1, -0.05) is 11.3 Å². The number of anilines is 1. The van der Waals surface area contributed by atoms with E-state index in [-0.39, 0.29) is 0 Å². The van der Waals surface area contributed by atoms with Gasteiger partial charge in [-0.3, -0.25) is 0 Å². The van der Waals surface area contributed by atoms with Crippen molar-refractivity contribution in [3.05, 3.63) is 22.7 Å². The van der Waals surface area contributed by atoms with Crippen LogP contribution in [0.4, 0.5) is 5.69 Å². The lowest BCUT2D eigenvalue weighted by atomic mass is 10.2. The molecule has 2 aromatic rings. The summed E-state index contributed by atoms with van der Waals surface area (Å²) >= 11 is 4.63. The molecule has 0 fully saturated rings. The average molecular weight is 244 g/mol. The van der Waals surface area contributed by atoms with Gasteiger partial charge in [0.15, 0.2) is 5.06 Å². The number of thiophene rings is 1. The van der Waals surface area contributed by atoms with Crippen LogP contribution in [0.25, 0.3) is 10.1 Å². The molecule has 0 unspecified atom stereocenters. The van der Waals surface area contributed by atoms with E-state index in [1.165, 1.54) is 11.3 Å². The van der Waals surface area contributed by atoms with E-state index in [0.717, 1.165) is 14.6 Å². The Labute approximate surface area is 81.8 Å². The van der Waals surface area contributed by atoms with Crippen molar-refractivity contribution < 1.29 is 5.11 Å². The van der Waals surface area contributed by atoms with Gasteiger partial charge in [0.2, 0.25) is 0 Å². The Balaban J connectivity index is 2.88. The van der Waals surface area contributed by atoms with E-state index in [4.69, 9.17) is 5.73 Å². The lowest BCUT2D eigenvalue weighted by molar-refractivity contribution is 0.488. The van der Waals surface area contributed by atoms with E-state index >= 15 is 0 Å². The molecule has 1 aromatic heterocycles. The SMILES string of the molecule is Nc1ccc2sc(O)c(Br)c2c1. The third-order valence-corrected chi connectivity index (χ3v) is 3.67. The molecular weight excluding hydrogens is 238 g/mol. The van der Waals surface area contributed by atoms with Gasteiger partial charge >= 0.3 is 0 Å². The van der Waals surface area contributed by atoms with E-state index in [1.54, 1.807) is 0 Å². The minimum Gasteiger partial charge on any atom is -0.499 e. The standard InChI is InChI=1S/C8H6BrNOS/c9-7-5-3-4(10)1-2-6(5)12-8(7)11/h1-3,11H,10H2. The fourth-order valence-corrected chi connectivity index (χ4v) is 2.59. The molecule has 0 atom stereocenters. The van der Waals surface area contributed by atoms with Gasteiger partial charge in [-0.15, -0.1) is 0 Å². The van der Waals surface area contributed by atoms with Gasteiger partial charge < -0.3 is 10.8 Å². The number of hydrogen-bond donors (Lipinski definition) is 2. The van der Waals surface area contributed by atoms with Crippen molar-refractivity contribution >= 4 is 43.0 Å². The first kappa shape index (κ1) is 7.89. The Morgan fingerprint density at radius 1 is 1.42 bits per heavy atom. The Hall–Kier alpha value is -0.740. The zero-order valence-electron chi connectivity index (χ0n) is 6.04. The second-order valence-electron chi connectivity index (χ2n) is 2.48. The van der Waals surface area contributed by atoms with Crippen molar-refractivity contribution in [2.45, 2.75) is 0 Å². The van der Waals surface area contributed by atoms with Crippen LogP contribution < -0.4 is 5.73 Å². The second kappa shape index (κ2) is 2.64. The Morgan fingerprint density at radius 2 is 2.17 bits per heavy atom. The highest BCUT2D eigenvalue weighted by Gasteiger charge is 2.07. The molecule has 0 amide bonds. The van der Waals surface area contributed by atoms with Gasteiger partial charge in [-0.05, 0) is 34.1 Å². The minimum atomic E-state index is 0.301. The molecule has 0 aliphatic rings. The highest BCUT2D eigenvalue weighted by molar-refractivity contribution is 9.10. The fourth-order valence-electron chi connectivity index (χ4n) is 1.07. The van der Waals surface area contributed by atoms with Gasteiger partial charge in [-0.2, -0.15) is 0 Å². The van der Waals surface area contributed by atoms with Crippen molar-refractivity contribution in [3.8, 4) is 5.06 Å². The molecule has 0 radical (unpaired) electrons. The minimum absolute atomic E-state index is 0.301. The van der Waals surface area contributed by atoms with Crippen LogP contribution in [-0.2, 0) is 0 Å². The van der Waals surface area contributed by atoms with Gasteiger partial charge in [0.25, 0.3) is 0 Å². The number of hydrogen-bond acceptors (Lipinski definition) is 3. The largest absolute Gasteiger partial charge is 0.499 e. The molecule has 0 saturated heterocycles. The van der Waals surface area contributed by atoms with Crippen LogP contribution in [0.5, 0.6) is 5.06 Å².